The molecule has 5 N–H and O–H groups in total. The normalized spacial score (nSPS) is 11.8. The minimum atomic E-state index is -1.01. The minimum Gasteiger partial charge on any atom is -0.481 e. The van der Waals surface area contributed by atoms with E-state index in [0.29, 0.717) is 45.1 Å². The van der Waals surface area contributed by atoms with Crippen LogP contribution in [0.2, 0.25) is 0 Å². The van der Waals surface area contributed by atoms with Crippen molar-refractivity contribution in [3.8, 4) is 0 Å². The molecule has 110 valence electrons. The number of hydrogen-bond acceptors (Lipinski definition) is 4. The number of carboxylic acids is 2. The molecule has 0 aromatic carbocycles. The molecule has 1 atom stereocenters. The topological polar surface area (TPSA) is 130 Å². The van der Waals surface area contributed by atoms with Crippen molar-refractivity contribution in [3.05, 3.63) is 0 Å². The molecule has 0 saturated carbocycles. The van der Waals surface area contributed by atoms with Crippen LogP contribution in [0.15, 0.2) is 0 Å². The highest BCUT2D eigenvalue weighted by Crippen LogP contribution is 2.01. The molecule has 0 aliphatic heterocycles. The summed E-state index contributed by atoms with van der Waals surface area (Å²) in [5.41, 5.74) is 5.33. The van der Waals surface area contributed by atoms with Gasteiger partial charge in [-0.05, 0) is 32.1 Å². The standard InChI is InChI=1S/C12H22N2O5/c13-9(12(18)19)5-3-4-8-14-10(15)6-1-2-7-11(16)17/h9H,1-8,13H2,(H,14,15)(H,16,17)(H,18,19)/t9-/m0/s1. The third-order valence-corrected chi connectivity index (χ3v) is 2.63. The van der Waals surface area contributed by atoms with Crippen LogP contribution in [0.5, 0.6) is 0 Å². The van der Waals surface area contributed by atoms with E-state index in [1.54, 1.807) is 0 Å². The SMILES string of the molecule is N[C@@H](CCCCNC(=O)CCCCC(=O)O)C(=O)O. The highest BCUT2D eigenvalue weighted by atomic mass is 16.4. The molecule has 0 spiro atoms. The van der Waals surface area contributed by atoms with E-state index in [0.717, 1.165) is 0 Å². The molecule has 0 aliphatic carbocycles. The molecular formula is C12H22N2O5. The first kappa shape index (κ1) is 17.4. The maximum absolute atomic E-state index is 11.3. The molecule has 0 aromatic rings. The molecule has 0 fully saturated rings. The van der Waals surface area contributed by atoms with E-state index in [1.807, 2.05) is 0 Å². The number of carbonyl (C=O) groups is 3. The number of nitrogens with one attached hydrogen (secondary N) is 1. The summed E-state index contributed by atoms with van der Waals surface area (Å²) in [6.45, 7) is 0.490. The maximum atomic E-state index is 11.3. The Balaban J connectivity index is 3.39. The van der Waals surface area contributed by atoms with Gasteiger partial charge < -0.3 is 21.3 Å². The van der Waals surface area contributed by atoms with Crippen LogP contribution in [0.1, 0.15) is 44.9 Å². The van der Waals surface area contributed by atoms with Gasteiger partial charge in [-0.15, -0.1) is 0 Å². The van der Waals surface area contributed by atoms with Gasteiger partial charge in [0.15, 0.2) is 0 Å². The highest BCUT2D eigenvalue weighted by Gasteiger charge is 2.10. The fraction of sp³-hybridized carbons (Fsp3) is 0.750. The summed E-state index contributed by atoms with van der Waals surface area (Å²) in [6, 6.07) is -0.841. The number of carbonyl (C=O) groups excluding carboxylic acids is 1. The molecule has 0 radical (unpaired) electrons. The average Bonchev–Trinajstić information content (AvgIpc) is 2.33. The summed E-state index contributed by atoms with van der Waals surface area (Å²) < 4.78 is 0. The van der Waals surface area contributed by atoms with Gasteiger partial charge in [-0.1, -0.05) is 0 Å². The van der Waals surface area contributed by atoms with Gasteiger partial charge >= 0.3 is 11.9 Å². The van der Waals surface area contributed by atoms with E-state index in [1.165, 1.54) is 0 Å². The predicted octanol–water partition coefficient (Wildman–Crippen LogP) is 0.330. The molecule has 0 unspecified atom stereocenters. The zero-order valence-electron chi connectivity index (χ0n) is 10.9. The Hall–Kier alpha value is -1.63. The number of rotatable bonds is 11. The number of carboxylic acid groups (broad SMARTS) is 2. The summed E-state index contributed by atoms with van der Waals surface area (Å²) in [5, 5.41) is 19.7. The number of nitrogens with two attached hydrogens (primary N) is 1. The van der Waals surface area contributed by atoms with E-state index in [4.69, 9.17) is 15.9 Å². The average molecular weight is 274 g/mol. The van der Waals surface area contributed by atoms with Crippen LogP contribution in [-0.2, 0) is 14.4 Å². The van der Waals surface area contributed by atoms with E-state index in [2.05, 4.69) is 5.32 Å². The fourth-order valence-electron chi connectivity index (χ4n) is 1.49. The molecule has 19 heavy (non-hydrogen) atoms. The first-order valence-electron chi connectivity index (χ1n) is 6.40. The van der Waals surface area contributed by atoms with Crippen LogP contribution in [0, 0.1) is 0 Å². The third kappa shape index (κ3) is 11.2. The summed E-state index contributed by atoms with van der Waals surface area (Å²) in [4.78, 5) is 32.0. The van der Waals surface area contributed by atoms with Crippen molar-refractivity contribution in [1.29, 1.82) is 0 Å². The lowest BCUT2D eigenvalue weighted by molar-refractivity contribution is -0.139. The number of aliphatic carboxylic acids is 2. The second-order valence-electron chi connectivity index (χ2n) is 4.39. The van der Waals surface area contributed by atoms with Gasteiger partial charge in [0.05, 0.1) is 0 Å². The summed E-state index contributed by atoms with van der Waals surface area (Å²) in [6.07, 6.45) is 3.18. The quantitative estimate of drug-likeness (QED) is 0.402. The van der Waals surface area contributed by atoms with Crippen molar-refractivity contribution >= 4 is 17.8 Å². The van der Waals surface area contributed by atoms with Crippen molar-refractivity contribution in [2.24, 2.45) is 5.73 Å². The smallest absolute Gasteiger partial charge is 0.320 e. The van der Waals surface area contributed by atoms with Gasteiger partial charge in [-0.2, -0.15) is 0 Å². The molecule has 7 heteroatoms. The molecular weight excluding hydrogens is 252 g/mol. The van der Waals surface area contributed by atoms with Crippen LogP contribution in [0.4, 0.5) is 0 Å². The molecule has 0 aliphatic rings. The van der Waals surface area contributed by atoms with Crippen LogP contribution >= 0.6 is 0 Å². The monoisotopic (exact) mass is 274 g/mol. The first-order valence-corrected chi connectivity index (χ1v) is 6.40. The molecule has 0 heterocycles. The Morgan fingerprint density at radius 3 is 2.21 bits per heavy atom. The Morgan fingerprint density at radius 2 is 1.63 bits per heavy atom. The Morgan fingerprint density at radius 1 is 1.00 bits per heavy atom. The lowest BCUT2D eigenvalue weighted by Gasteiger charge is -2.07. The minimum absolute atomic E-state index is 0.0837. The van der Waals surface area contributed by atoms with Crippen molar-refractivity contribution in [2.75, 3.05) is 6.54 Å². The summed E-state index contributed by atoms with van der Waals surface area (Å²) in [5.74, 6) is -1.97. The van der Waals surface area contributed by atoms with Crippen molar-refractivity contribution < 1.29 is 24.6 Å². The molecule has 1 amide bonds. The zero-order valence-corrected chi connectivity index (χ0v) is 10.9. The van der Waals surface area contributed by atoms with E-state index in [9.17, 15) is 14.4 Å². The van der Waals surface area contributed by atoms with Gasteiger partial charge in [-0.3, -0.25) is 14.4 Å². The predicted molar refractivity (Wildman–Crippen MR) is 68.6 cm³/mol. The maximum Gasteiger partial charge on any atom is 0.320 e. The molecule has 0 bridgehead atoms. The largest absolute Gasteiger partial charge is 0.481 e. The van der Waals surface area contributed by atoms with Gasteiger partial charge in [0, 0.05) is 19.4 Å². The molecule has 0 aromatic heterocycles. The van der Waals surface area contributed by atoms with Crippen LogP contribution in [0.25, 0.3) is 0 Å². The molecule has 0 rings (SSSR count). The van der Waals surface area contributed by atoms with E-state index < -0.39 is 18.0 Å². The van der Waals surface area contributed by atoms with Gasteiger partial charge in [0.2, 0.25) is 5.91 Å². The van der Waals surface area contributed by atoms with E-state index >= 15 is 0 Å². The van der Waals surface area contributed by atoms with Gasteiger partial charge in [0.1, 0.15) is 6.04 Å². The number of unbranched alkanes of at least 4 members (excludes halogenated alkanes) is 2. The van der Waals surface area contributed by atoms with Gasteiger partial charge in [-0.25, -0.2) is 0 Å². The van der Waals surface area contributed by atoms with Crippen LogP contribution in [-0.4, -0.2) is 40.6 Å². The third-order valence-electron chi connectivity index (χ3n) is 2.63. The second kappa shape index (κ2) is 10.3. The Kier molecular flexibility index (Phi) is 9.42. The number of amides is 1. The Labute approximate surface area is 112 Å². The van der Waals surface area contributed by atoms with E-state index in [-0.39, 0.29) is 12.3 Å². The first-order chi connectivity index (χ1) is 8.93. The fourth-order valence-corrected chi connectivity index (χ4v) is 1.49. The van der Waals surface area contributed by atoms with Crippen LogP contribution in [0.3, 0.4) is 0 Å². The Bertz CT molecular complexity index is 306. The van der Waals surface area contributed by atoms with Crippen molar-refractivity contribution in [3.63, 3.8) is 0 Å². The lowest BCUT2D eigenvalue weighted by Crippen LogP contribution is -2.30. The summed E-state index contributed by atoms with van der Waals surface area (Å²) in [7, 11) is 0. The highest BCUT2D eigenvalue weighted by molar-refractivity contribution is 5.75. The molecule has 0 saturated heterocycles. The second-order valence-corrected chi connectivity index (χ2v) is 4.39. The summed E-state index contributed by atoms with van der Waals surface area (Å²) >= 11 is 0. The zero-order chi connectivity index (χ0) is 14.7. The van der Waals surface area contributed by atoms with Crippen molar-refractivity contribution in [2.45, 2.75) is 51.0 Å². The van der Waals surface area contributed by atoms with Crippen LogP contribution < -0.4 is 11.1 Å². The molecule has 7 nitrogen and oxygen atoms in total. The lowest BCUT2D eigenvalue weighted by atomic mass is 10.1. The number of hydrogen-bond donors (Lipinski definition) is 4. The van der Waals surface area contributed by atoms with Gasteiger partial charge in [0.25, 0.3) is 0 Å². The van der Waals surface area contributed by atoms with Crippen molar-refractivity contribution in [1.82, 2.24) is 5.32 Å².